The van der Waals surface area contributed by atoms with Crippen molar-refractivity contribution in [3.63, 3.8) is 0 Å². The lowest BCUT2D eigenvalue weighted by molar-refractivity contribution is 0.0784. The van der Waals surface area contributed by atoms with Gasteiger partial charge in [-0.1, -0.05) is 30.3 Å². The van der Waals surface area contributed by atoms with E-state index in [4.69, 9.17) is 0 Å². The molecule has 0 saturated carbocycles. The van der Waals surface area contributed by atoms with Gasteiger partial charge in [-0.2, -0.15) is 0 Å². The average Bonchev–Trinajstić information content (AvgIpc) is 3.21. The van der Waals surface area contributed by atoms with E-state index in [2.05, 4.69) is 29.2 Å². The van der Waals surface area contributed by atoms with Gasteiger partial charge in [0.1, 0.15) is 5.69 Å². The topological polar surface area (TPSA) is 53.2 Å². The summed E-state index contributed by atoms with van der Waals surface area (Å²) in [4.78, 5) is 30.3. The molecular weight excluding hydrogens is 300 g/mol. The van der Waals surface area contributed by atoms with Gasteiger partial charge >= 0.3 is 0 Å². The maximum absolute atomic E-state index is 13.0. The summed E-state index contributed by atoms with van der Waals surface area (Å²) in [5, 5.41) is 0. The number of likely N-dealkylation sites (tertiary alicyclic amines) is 1. The number of carbonyl (C=O) groups is 2. The zero-order valence-electron chi connectivity index (χ0n) is 14.0. The molecule has 1 aliphatic carbocycles. The zero-order chi connectivity index (χ0) is 16.7. The molecule has 4 rings (SSSR count). The van der Waals surface area contributed by atoms with E-state index in [-0.39, 0.29) is 11.7 Å². The van der Waals surface area contributed by atoms with Crippen molar-refractivity contribution in [1.29, 1.82) is 0 Å². The number of carbonyl (C=O) groups excluding carboxylic acids is 2. The Balaban J connectivity index is 1.56. The van der Waals surface area contributed by atoms with Crippen LogP contribution >= 0.6 is 0 Å². The van der Waals surface area contributed by atoms with Crippen LogP contribution in [0.5, 0.6) is 0 Å². The normalized spacial score (nSPS) is 20.3. The van der Waals surface area contributed by atoms with E-state index in [9.17, 15) is 9.59 Å². The van der Waals surface area contributed by atoms with Crippen molar-refractivity contribution < 1.29 is 9.59 Å². The number of fused-ring (bicyclic) bond motifs is 1. The fraction of sp³-hybridized carbons (Fsp3) is 0.400. The number of benzene rings is 1. The summed E-state index contributed by atoms with van der Waals surface area (Å²) in [6, 6.07) is 10.4. The summed E-state index contributed by atoms with van der Waals surface area (Å²) >= 11 is 0. The number of hydrogen-bond acceptors (Lipinski definition) is 2. The molecule has 0 unspecified atom stereocenters. The first-order valence-corrected chi connectivity index (χ1v) is 8.74. The van der Waals surface area contributed by atoms with Crippen molar-refractivity contribution in [3.05, 3.63) is 58.4 Å². The smallest absolute Gasteiger partial charge is 0.270 e. The van der Waals surface area contributed by atoms with Gasteiger partial charge in [0.15, 0.2) is 5.78 Å². The molecule has 0 bridgehead atoms. The first-order valence-electron chi connectivity index (χ1n) is 8.74. The monoisotopic (exact) mass is 322 g/mol. The predicted molar refractivity (Wildman–Crippen MR) is 92.5 cm³/mol. The third-order valence-corrected chi connectivity index (χ3v) is 5.40. The molecule has 1 aliphatic heterocycles. The molecule has 2 heterocycles. The highest BCUT2D eigenvalue weighted by Crippen LogP contribution is 2.31. The second-order valence-electron chi connectivity index (χ2n) is 6.90. The molecule has 0 spiro atoms. The second-order valence-corrected chi connectivity index (χ2v) is 6.90. The minimum Gasteiger partial charge on any atom is -0.354 e. The standard InChI is InChI=1S/C20H22N2O2/c1-13-18-16(8-5-9-17(18)23)21-19(13)20(24)22-11-10-15(12-22)14-6-3-2-4-7-14/h2-4,6-7,15,21H,5,8-12H2,1H3/t15-/m0/s1. The Hall–Kier alpha value is -2.36. The molecule has 2 aromatic rings. The molecule has 1 atom stereocenters. The van der Waals surface area contributed by atoms with Gasteiger partial charge in [0.2, 0.25) is 0 Å². The zero-order valence-corrected chi connectivity index (χ0v) is 14.0. The minimum absolute atomic E-state index is 0.0353. The Bertz CT molecular complexity index is 791. The quantitative estimate of drug-likeness (QED) is 0.920. The molecule has 124 valence electrons. The molecular formula is C20H22N2O2. The van der Waals surface area contributed by atoms with E-state index >= 15 is 0 Å². The van der Waals surface area contributed by atoms with E-state index in [1.807, 2.05) is 17.9 Å². The summed E-state index contributed by atoms with van der Waals surface area (Å²) in [7, 11) is 0. The minimum atomic E-state index is 0.0353. The van der Waals surface area contributed by atoms with Crippen LogP contribution in [-0.2, 0) is 6.42 Å². The van der Waals surface area contributed by atoms with Gasteiger partial charge in [0, 0.05) is 36.7 Å². The first kappa shape index (κ1) is 15.2. The lowest BCUT2D eigenvalue weighted by Gasteiger charge is -2.16. The van der Waals surface area contributed by atoms with Crippen LogP contribution in [0.3, 0.4) is 0 Å². The van der Waals surface area contributed by atoms with Crippen molar-refractivity contribution in [1.82, 2.24) is 9.88 Å². The Morgan fingerprint density at radius 2 is 2.00 bits per heavy atom. The number of Topliss-reactive ketones (excluding diaryl/α,β-unsaturated/α-hetero) is 1. The van der Waals surface area contributed by atoms with Crippen molar-refractivity contribution >= 4 is 11.7 Å². The highest BCUT2D eigenvalue weighted by atomic mass is 16.2. The predicted octanol–water partition coefficient (Wildman–Crippen LogP) is 3.47. The average molecular weight is 322 g/mol. The number of amides is 1. The number of aryl methyl sites for hydroxylation is 1. The molecule has 2 aliphatic rings. The molecule has 4 heteroatoms. The van der Waals surface area contributed by atoms with Crippen LogP contribution in [0.15, 0.2) is 30.3 Å². The fourth-order valence-electron chi connectivity index (χ4n) is 4.09. The van der Waals surface area contributed by atoms with E-state index in [0.29, 0.717) is 18.0 Å². The van der Waals surface area contributed by atoms with Crippen molar-refractivity contribution in [2.24, 2.45) is 0 Å². The first-order chi connectivity index (χ1) is 11.6. The van der Waals surface area contributed by atoms with Gasteiger partial charge in [0.25, 0.3) is 5.91 Å². The second kappa shape index (κ2) is 5.93. The summed E-state index contributed by atoms with van der Waals surface area (Å²) in [6.07, 6.45) is 3.33. The molecule has 1 aromatic heterocycles. The number of nitrogens with one attached hydrogen (secondary N) is 1. The van der Waals surface area contributed by atoms with Gasteiger partial charge in [-0.3, -0.25) is 9.59 Å². The van der Waals surface area contributed by atoms with Crippen LogP contribution in [0.4, 0.5) is 0 Å². The van der Waals surface area contributed by atoms with E-state index in [0.717, 1.165) is 49.2 Å². The lowest BCUT2D eigenvalue weighted by Crippen LogP contribution is -2.29. The van der Waals surface area contributed by atoms with E-state index in [1.54, 1.807) is 0 Å². The molecule has 1 aromatic carbocycles. The number of H-pyrrole nitrogens is 1. The highest BCUT2D eigenvalue weighted by molar-refractivity contribution is 6.04. The van der Waals surface area contributed by atoms with Crippen LogP contribution < -0.4 is 0 Å². The number of ketones is 1. The molecule has 1 amide bonds. The van der Waals surface area contributed by atoms with Crippen molar-refractivity contribution in [2.45, 2.75) is 38.5 Å². The molecule has 1 fully saturated rings. The maximum atomic E-state index is 13.0. The Labute approximate surface area is 141 Å². The molecule has 4 nitrogen and oxygen atoms in total. The Kier molecular flexibility index (Phi) is 3.75. The Morgan fingerprint density at radius 1 is 1.21 bits per heavy atom. The lowest BCUT2D eigenvalue weighted by atomic mass is 9.94. The number of aromatic nitrogens is 1. The molecule has 1 saturated heterocycles. The van der Waals surface area contributed by atoms with Crippen LogP contribution in [-0.4, -0.2) is 34.7 Å². The van der Waals surface area contributed by atoms with Crippen LogP contribution in [0.2, 0.25) is 0 Å². The highest BCUT2D eigenvalue weighted by Gasteiger charge is 2.32. The Morgan fingerprint density at radius 3 is 2.75 bits per heavy atom. The van der Waals surface area contributed by atoms with E-state index in [1.165, 1.54) is 5.56 Å². The molecule has 24 heavy (non-hydrogen) atoms. The maximum Gasteiger partial charge on any atom is 0.270 e. The summed E-state index contributed by atoms with van der Waals surface area (Å²) in [5.74, 6) is 0.613. The van der Waals surface area contributed by atoms with Gasteiger partial charge in [-0.25, -0.2) is 0 Å². The van der Waals surface area contributed by atoms with Crippen LogP contribution in [0, 0.1) is 6.92 Å². The van der Waals surface area contributed by atoms with E-state index < -0.39 is 0 Å². The van der Waals surface area contributed by atoms with Gasteiger partial charge in [-0.15, -0.1) is 0 Å². The largest absolute Gasteiger partial charge is 0.354 e. The number of nitrogens with zero attached hydrogens (tertiary/aromatic N) is 1. The van der Waals surface area contributed by atoms with Crippen molar-refractivity contribution in [2.75, 3.05) is 13.1 Å². The van der Waals surface area contributed by atoms with Gasteiger partial charge in [-0.05, 0) is 37.3 Å². The fourth-order valence-corrected chi connectivity index (χ4v) is 4.09. The number of hydrogen-bond donors (Lipinski definition) is 1. The molecule has 1 N–H and O–H groups in total. The van der Waals surface area contributed by atoms with Crippen LogP contribution in [0.1, 0.15) is 62.8 Å². The summed E-state index contributed by atoms with van der Waals surface area (Å²) in [5.41, 5.74) is 4.46. The van der Waals surface area contributed by atoms with Gasteiger partial charge in [0.05, 0.1) is 0 Å². The number of aromatic amines is 1. The third-order valence-electron chi connectivity index (χ3n) is 5.40. The molecule has 0 radical (unpaired) electrons. The third kappa shape index (κ3) is 2.46. The van der Waals surface area contributed by atoms with Crippen LogP contribution in [0.25, 0.3) is 0 Å². The van der Waals surface area contributed by atoms with Gasteiger partial charge < -0.3 is 9.88 Å². The summed E-state index contributed by atoms with van der Waals surface area (Å²) in [6.45, 7) is 3.42. The summed E-state index contributed by atoms with van der Waals surface area (Å²) < 4.78 is 0. The van der Waals surface area contributed by atoms with Crippen molar-refractivity contribution in [3.8, 4) is 0 Å². The number of rotatable bonds is 2. The SMILES string of the molecule is Cc1c(C(=O)N2CC[C@H](c3ccccc3)C2)[nH]c2c1C(=O)CCC2.